The zero-order valence-corrected chi connectivity index (χ0v) is 7.86. The first kappa shape index (κ1) is 12.5. The van der Waals surface area contributed by atoms with Crippen molar-refractivity contribution in [1.29, 1.82) is 0 Å². The molecule has 0 aliphatic rings. The van der Waals surface area contributed by atoms with Crippen LogP contribution in [0.1, 0.15) is 17.7 Å². The molecule has 16 heavy (non-hydrogen) atoms. The third-order valence-electron chi connectivity index (χ3n) is 1.76. The maximum absolute atomic E-state index is 12.5. The summed E-state index contributed by atoms with van der Waals surface area (Å²) in [6.45, 7) is 0. The lowest BCUT2D eigenvalue weighted by Crippen LogP contribution is -2.19. The van der Waals surface area contributed by atoms with Crippen molar-refractivity contribution in [3.63, 3.8) is 0 Å². The number of ether oxygens (including phenoxy) is 1. The summed E-state index contributed by atoms with van der Waals surface area (Å²) in [6.07, 6.45) is -8.47. The molecular weight excluding hydrogens is 237 g/mol. The van der Waals surface area contributed by atoms with Crippen molar-refractivity contribution >= 4 is 0 Å². The summed E-state index contributed by atoms with van der Waals surface area (Å²) >= 11 is 0. The Morgan fingerprint density at radius 1 is 1.38 bits per heavy atom. The van der Waals surface area contributed by atoms with Gasteiger partial charge in [0.2, 0.25) is 0 Å². The fourth-order valence-corrected chi connectivity index (χ4v) is 1.17. The fraction of sp³-hybridized carbons (Fsp3) is 0.375. The van der Waals surface area contributed by atoms with Gasteiger partial charge in [0.15, 0.2) is 0 Å². The summed E-state index contributed by atoms with van der Waals surface area (Å²) < 4.78 is 66.3. The van der Waals surface area contributed by atoms with Gasteiger partial charge in [-0.25, -0.2) is 8.78 Å². The van der Waals surface area contributed by atoms with Crippen molar-refractivity contribution in [1.82, 2.24) is 4.98 Å². The van der Waals surface area contributed by atoms with E-state index in [0.717, 1.165) is 7.11 Å². The number of pyridine rings is 1. The smallest absolute Gasteiger partial charge is 0.421 e. The minimum absolute atomic E-state index is 0.467. The Labute approximate surface area is 85.8 Å². The number of halogens is 5. The first-order valence-electron chi connectivity index (χ1n) is 3.94. The molecule has 0 bridgehead atoms. The van der Waals surface area contributed by atoms with Crippen molar-refractivity contribution in [2.75, 3.05) is 7.11 Å². The molecule has 0 aliphatic carbocycles. The molecule has 1 N–H and O–H groups in total. The van der Waals surface area contributed by atoms with Crippen LogP contribution in [0.2, 0.25) is 0 Å². The molecule has 0 radical (unpaired) electrons. The van der Waals surface area contributed by atoms with Gasteiger partial charge >= 0.3 is 6.18 Å². The Morgan fingerprint density at radius 3 is 2.31 bits per heavy atom. The monoisotopic (exact) mass is 243 g/mol. The van der Waals surface area contributed by atoms with Gasteiger partial charge in [-0.2, -0.15) is 13.2 Å². The molecule has 0 aliphatic heterocycles. The molecule has 8 heteroatoms. The number of hydrogen-bond donors (Lipinski definition) is 1. The molecule has 0 aromatic carbocycles. The highest BCUT2D eigenvalue weighted by atomic mass is 19.4. The van der Waals surface area contributed by atoms with Crippen molar-refractivity contribution in [3.05, 3.63) is 27.7 Å². The van der Waals surface area contributed by atoms with Crippen LogP contribution < -0.4 is 10.3 Å². The van der Waals surface area contributed by atoms with E-state index in [1.165, 1.54) is 4.98 Å². The standard InChI is InChI=1S/C8H6F5NO2/c1-16-3-2-4(15)14-6(7(9)10)5(3)8(11,12)13/h2,7H,1H3,(H,14,15). The third-order valence-corrected chi connectivity index (χ3v) is 1.76. The molecule has 0 atom stereocenters. The number of H-pyrrole nitrogens is 1. The molecule has 0 unspecified atom stereocenters. The third kappa shape index (κ3) is 2.31. The lowest BCUT2D eigenvalue weighted by Gasteiger charge is -2.15. The number of nitrogens with one attached hydrogen (secondary N) is 1. The van der Waals surface area contributed by atoms with Gasteiger partial charge in [-0.15, -0.1) is 0 Å². The van der Waals surface area contributed by atoms with Crippen LogP contribution in [0.5, 0.6) is 5.75 Å². The molecule has 0 fully saturated rings. The van der Waals surface area contributed by atoms with Gasteiger partial charge in [0.25, 0.3) is 12.0 Å². The van der Waals surface area contributed by atoms with Gasteiger partial charge in [-0.3, -0.25) is 4.79 Å². The van der Waals surface area contributed by atoms with Gasteiger partial charge in [-0.1, -0.05) is 0 Å². The van der Waals surface area contributed by atoms with Gasteiger partial charge < -0.3 is 9.72 Å². The Kier molecular flexibility index (Phi) is 3.20. The summed E-state index contributed by atoms with van der Waals surface area (Å²) in [6, 6.07) is 0.467. The second-order valence-electron chi connectivity index (χ2n) is 2.79. The molecule has 0 amide bonds. The van der Waals surface area contributed by atoms with Gasteiger partial charge in [0.05, 0.1) is 7.11 Å². The van der Waals surface area contributed by atoms with Gasteiger partial charge in [0.1, 0.15) is 17.0 Å². The second kappa shape index (κ2) is 4.11. The molecule has 0 saturated carbocycles. The molecule has 1 rings (SSSR count). The van der Waals surface area contributed by atoms with E-state index in [2.05, 4.69) is 4.74 Å². The number of aromatic amines is 1. The normalized spacial score (nSPS) is 11.9. The lowest BCUT2D eigenvalue weighted by atomic mass is 10.1. The topological polar surface area (TPSA) is 42.1 Å². The molecule has 3 nitrogen and oxygen atoms in total. The summed E-state index contributed by atoms with van der Waals surface area (Å²) in [5, 5.41) is 0. The predicted octanol–water partition coefficient (Wildman–Crippen LogP) is 2.34. The molecule has 0 spiro atoms. The highest BCUT2D eigenvalue weighted by Gasteiger charge is 2.40. The number of aromatic nitrogens is 1. The van der Waals surface area contributed by atoms with E-state index in [1.54, 1.807) is 0 Å². The highest BCUT2D eigenvalue weighted by Crippen LogP contribution is 2.39. The largest absolute Gasteiger partial charge is 0.496 e. The van der Waals surface area contributed by atoms with E-state index in [4.69, 9.17) is 0 Å². The quantitative estimate of drug-likeness (QED) is 0.810. The minimum Gasteiger partial charge on any atom is -0.496 e. The van der Waals surface area contributed by atoms with Crippen LogP contribution in [-0.2, 0) is 6.18 Å². The van der Waals surface area contributed by atoms with Crippen molar-refractivity contribution in [3.8, 4) is 5.75 Å². The van der Waals surface area contributed by atoms with E-state index in [1.807, 2.05) is 0 Å². The van der Waals surface area contributed by atoms with E-state index in [0.29, 0.717) is 6.07 Å². The Hall–Kier alpha value is -1.60. The summed E-state index contributed by atoms with van der Waals surface area (Å²) in [5.74, 6) is -0.924. The van der Waals surface area contributed by atoms with Crippen LogP contribution in [0.25, 0.3) is 0 Å². The predicted molar refractivity (Wildman–Crippen MR) is 43.6 cm³/mol. The molecule has 1 aromatic rings. The average Bonchev–Trinajstić information content (AvgIpc) is 2.14. The van der Waals surface area contributed by atoms with E-state index in [-0.39, 0.29) is 0 Å². The van der Waals surface area contributed by atoms with Crippen LogP contribution >= 0.6 is 0 Å². The number of rotatable bonds is 2. The van der Waals surface area contributed by atoms with E-state index >= 15 is 0 Å². The Bertz CT molecular complexity index is 437. The van der Waals surface area contributed by atoms with Gasteiger partial charge in [0, 0.05) is 6.07 Å². The zero-order valence-electron chi connectivity index (χ0n) is 7.86. The SMILES string of the molecule is COc1cc(=O)[nH]c(C(F)F)c1C(F)(F)F. The summed E-state index contributed by atoms with van der Waals surface area (Å²) in [5.41, 5.74) is -4.23. The van der Waals surface area contributed by atoms with E-state index < -0.39 is 35.2 Å². The van der Waals surface area contributed by atoms with Gasteiger partial charge in [-0.05, 0) is 0 Å². The van der Waals surface area contributed by atoms with Crippen LogP contribution in [0.15, 0.2) is 10.9 Å². The van der Waals surface area contributed by atoms with E-state index in [9.17, 15) is 26.7 Å². The average molecular weight is 243 g/mol. The van der Waals surface area contributed by atoms with Crippen molar-refractivity contribution in [2.24, 2.45) is 0 Å². The number of alkyl halides is 5. The molecule has 90 valence electrons. The number of methoxy groups -OCH3 is 1. The maximum Gasteiger partial charge on any atom is 0.421 e. The molecule has 1 heterocycles. The Balaban J connectivity index is 3.58. The summed E-state index contributed by atoms with van der Waals surface area (Å²) in [4.78, 5) is 12.3. The van der Waals surface area contributed by atoms with Crippen LogP contribution in [0.4, 0.5) is 22.0 Å². The maximum atomic E-state index is 12.5. The molecule has 1 aromatic heterocycles. The first-order valence-corrected chi connectivity index (χ1v) is 3.94. The summed E-state index contributed by atoms with van der Waals surface area (Å²) in [7, 11) is 0.860. The Morgan fingerprint density at radius 2 is 1.94 bits per heavy atom. The molecular formula is C8H6F5NO2. The van der Waals surface area contributed by atoms with Crippen LogP contribution in [-0.4, -0.2) is 12.1 Å². The fourth-order valence-electron chi connectivity index (χ4n) is 1.17. The van der Waals surface area contributed by atoms with Crippen LogP contribution in [0.3, 0.4) is 0 Å². The lowest BCUT2D eigenvalue weighted by molar-refractivity contribution is -0.141. The zero-order chi connectivity index (χ0) is 12.5. The minimum atomic E-state index is -5.03. The second-order valence-corrected chi connectivity index (χ2v) is 2.79. The molecule has 0 saturated heterocycles. The van der Waals surface area contributed by atoms with Crippen molar-refractivity contribution in [2.45, 2.75) is 12.6 Å². The van der Waals surface area contributed by atoms with Crippen LogP contribution in [0, 0.1) is 0 Å². The number of hydrogen-bond acceptors (Lipinski definition) is 2. The van der Waals surface area contributed by atoms with Crippen molar-refractivity contribution < 1.29 is 26.7 Å². The highest BCUT2D eigenvalue weighted by molar-refractivity contribution is 5.38. The first-order chi connectivity index (χ1) is 7.27.